The number of carbonyl (C=O) groups is 4. The molecule has 1 saturated heterocycles. The molecule has 0 aromatic heterocycles. The Bertz CT molecular complexity index is 948. The molecule has 158 valence electrons. The van der Waals surface area contributed by atoms with E-state index in [1.54, 1.807) is 30.3 Å². The number of amides is 2. The molecule has 30 heavy (non-hydrogen) atoms. The molecule has 0 saturated carbocycles. The van der Waals surface area contributed by atoms with Gasteiger partial charge in [-0.2, -0.15) is 0 Å². The van der Waals surface area contributed by atoms with Gasteiger partial charge in [-0.15, -0.1) is 11.8 Å². The lowest BCUT2D eigenvalue weighted by Crippen LogP contribution is -2.71. The van der Waals surface area contributed by atoms with E-state index >= 15 is 0 Å². The summed E-state index contributed by atoms with van der Waals surface area (Å²) in [6.07, 6.45) is 0. The Hall–Kier alpha value is -3.34. The van der Waals surface area contributed by atoms with Crippen LogP contribution in [0.15, 0.2) is 41.6 Å². The molecule has 1 unspecified atom stereocenters. The highest BCUT2D eigenvalue weighted by atomic mass is 32.2. The molecule has 5 N–H and O–H groups in total. The molecular weight excluding hydrogens is 412 g/mol. The second-order valence-electron chi connectivity index (χ2n) is 6.73. The molecule has 10 nitrogen and oxygen atoms in total. The monoisotopic (exact) mass is 432 g/mol. The van der Waals surface area contributed by atoms with Gasteiger partial charge < -0.3 is 20.9 Å². The number of carbonyl (C=O) groups excluding carboxylic acids is 3. The first kappa shape index (κ1) is 21.4. The van der Waals surface area contributed by atoms with Crippen molar-refractivity contribution in [2.24, 2.45) is 5.73 Å². The molecule has 1 aromatic rings. The summed E-state index contributed by atoms with van der Waals surface area (Å²) in [5, 5.41) is 19.3. The largest absolute Gasteiger partial charge is 0.477 e. The zero-order chi connectivity index (χ0) is 22.0. The van der Waals surface area contributed by atoms with E-state index in [1.807, 2.05) is 0 Å². The van der Waals surface area contributed by atoms with Gasteiger partial charge in [0.05, 0.1) is 0 Å². The topological polar surface area (TPSA) is 163 Å². The summed E-state index contributed by atoms with van der Waals surface area (Å²) >= 11 is 1.26. The van der Waals surface area contributed by atoms with Crippen LogP contribution in [0.4, 0.5) is 0 Å². The molecule has 2 heterocycles. The van der Waals surface area contributed by atoms with E-state index in [0.717, 1.165) is 4.90 Å². The second-order valence-corrected chi connectivity index (χ2v) is 7.84. The standard InChI is InChI=1S/C19H20N4O6S/c1-9(24)29-7-11-8-30-18-13(17(26)23(18)14(11)19(27)28)22-16(25)12(15(20)21)10-5-3-2-4-6-10/h2-6,12-13,18H,7-8H2,1H3,(H3,20,21)(H,22,25)(H,27,28)/t12?,13-,18-/m1/s1. The molecule has 0 bridgehead atoms. The van der Waals surface area contributed by atoms with Crippen LogP contribution in [0.1, 0.15) is 18.4 Å². The Morgan fingerprint density at radius 1 is 1.37 bits per heavy atom. The van der Waals surface area contributed by atoms with E-state index in [2.05, 4.69) is 5.32 Å². The Morgan fingerprint density at radius 2 is 2.03 bits per heavy atom. The predicted molar refractivity (Wildman–Crippen MR) is 107 cm³/mol. The molecule has 0 aliphatic carbocycles. The van der Waals surface area contributed by atoms with Crippen molar-refractivity contribution in [1.29, 1.82) is 5.41 Å². The van der Waals surface area contributed by atoms with Crippen molar-refractivity contribution in [2.45, 2.75) is 24.3 Å². The summed E-state index contributed by atoms with van der Waals surface area (Å²) in [5.74, 6) is -4.27. The molecule has 3 atom stereocenters. The molecule has 1 fully saturated rings. The van der Waals surface area contributed by atoms with E-state index in [1.165, 1.54) is 18.7 Å². The van der Waals surface area contributed by atoms with Crippen molar-refractivity contribution in [2.75, 3.05) is 12.4 Å². The number of nitrogens with zero attached hydrogens (tertiary/aromatic N) is 1. The maximum absolute atomic E-state index is 12.8. The molecule has 0 spiro atoms. The van der Waals surface area contributed by atoms with Crippen molar-refractivity contribution < 1.29 is 29.0 Å². The first-order chi connectivity index (χ1) is 14.2. The van der Waals surface area contributed by atoms with Crippen molar-refractivity contribution in [3.05, 3.63) is 47.2 Å². The summed E-state index contributed by atoms with van der Waals surface area (Å²) in [7, 11) is 0. The SMILES string of the molecule is CC(=O)OCC1=C(C(=O)O)N2C(=O)[C@@H](NC(=O)C(C(=N)N)c3ccccc3)[C@H]2SC1. The summed E-state index contributed by atoms with van der Waals surface area (Å²) in [6, 6.07) is 7.54. The fourth-order valence-electron chi connectivity index (χ4n) is 3.34. The third kappa shape index (κ3) is 4.01. The van der Waals surface area contributed by atoms with Crippen LogP contribution in [0.2, 0.25) is 0 Å². The minimum atomic E-state index is -1.31. The van der Waals surface area contributed by atoms with Crippen LogP contribution < -0.4 is 11.1 Å². The van der Waals surface area contributed by atoms with Crippen LogP contribution in [-0.4, -0.2) is 63.4 Å². The van der Waals surface area contributed by atoms with E-state index in [-0.39, 0.29) is 23.9 Å². The molecule has 3 rings (SSSR count). The summed E-state index contributed by atoms with van der Waals surface area (Å²) < 4.78 is 4.88. The maximum atomic E-state index is 12.8. The first-order valence-corrected chi connectivity index (χ1v) is 9.99. The van der Waals surface area contributed by atoms with Gasteiger partial charge in [0.1, 0.15) is 35.5 Å². The summed E-state index contributed by atoms with van der Waals surface area (Å²) in [5.41, 5.74) is 6.19. The minimum absolute atomic E-state index is 0.224. The van der Waals surface area contributed by atoms with E-state index in [0.29, 0.717) is 11.1 Å². The van der Waals surface area contributed by atoms with E-state index in [9.17, 15) is 24.3 Å². The van der Waals surface area contributed by atoms with Gasteiger partial charge in [0.2, 0.25) is 5.91 Å². The van der Waals surface area contributed by atoms with Gasteiger partial charge in [-0.1, -0.05) is 30.3 Å². The number of thioether (sulfide) groups is 1. The lowest BCUT2D eigenvalue weighted by Gasteiger charge is -2.49. The lowest BCUT2D eigenvalue weighted by atomic mass is 9.95. The number of rotatable bonds is 7. The number of nitrogens with two attached hydrogens (primary N) is 1. The Labute approximate surface area is 175 Å². The van der Waals surface area contributed by atoms with Crippen LogP contribution in [-0.2, 0) is 23.9 Å². The quantitative estimate of drug-likeness (QED) is 0.203. The molecule has 1 aromatic carbocycles. The summed E-state index contributed by atoms with van der Waals surface area (Å²) in [4.78, 5) is 49.3. The zero-order valence-corrected chi connectivity index (χ0v) is 16.8. The van der Waals surface area contributed by atoms with Crippen LogP contribution in [0.3, 0.4) is 0 Å². The Kier molecular flexibility index (Phi) is 6.11. The number of esters is 1. The third-order valence-corrected chi connectivity index (χ3v) is 6.04. The average Bonchev–Trinajstić information content (AvgIpc) is 2.70. The van der Waals surface area contributed by atoms with Crippen LogP contribution >= 0.6 is 11.8 Å². The highest BCUT2D eigenvalue weighted by Crippen LogP contribution is 2.40. The number of hydrogen-bond acceptors (Lipinski definition) is 7. The van der Waals surface area contributed by atoms with Crippen molar-refractivity contribution in [3.8, 4) is 0 Å². The number of ether oxygens (including phenoxy) is 1. The van der Waals surface area contributed by atoms with Crippen LogP contribution in [0, 0.1) is 5.41 Å². The number of amidine groups is 1. The number of carboxylic acid groups (broad SMARTS) is 1. The number of benzene rings is 1. The van der Waals surface area contributed by atoms with Gasteiger partial charge in [0.25, 0.3) is 5.91 Å². The summed E-state index contributed by atoms with van der Waals surface area (Å²) in [6.45, 7) is 0.982. The number of carboxylic acids is 1. The molecule has 11 heteroatoms. The van der Waals surface area contributed by atoms with Gasteiger partial charge in [-0.05, 0) is 5.56 Å². The minimum Gasteiger partial charge on any atom is -0.477 e. The Morgan fingerprint density at radius 3 is 2.60 bits per heavy atom. The number of fused-ring (bicyclic) bond motifs is 1. The molecule has 0 radical (unpaired) electrons. The first-order valence-electron chi connectivity index (χ1n) is 8.95. The van der Waals surface area contributed by atoms with Gasteiger partial charge in [0, 0.05) is 18.2 Å². The number of nitrogens with one attached hydrogen (secondary N) is 2. The van der Waals surface area contributed by atoms with Crippen LogP contribution in [0.5, 0.6) is 0 Å². The number of β-lactam (4-membered cyclic amide) rings is 1. The molecular formula is C19H20N4O6S. The molecule has 2 aliphatic heterocycles. The van der Waals surface area contributed by atoms with Gasteiger partial charge >= 0.3 is 11.9 Å². The van der Waals surface area contributed by atoms with Crippen molar-refractivity contribution in [3.63, 3.8) is 0 Å². The third-order valence-electron chi connectivity index (χ3n) is 4.70. The predicted octanol–water partition coefficient (Wildman–Crippen LogP) is 0.00787. The second kappa shape index (κ2) is 8.57. The molecule has 2 amide bonds. The van der Waals surface area contributed by atoms with E-state index < -0.39 is 41.1 Å². The molecule has 2 aliphatic rings. The Balaban J connectivity index is 1.77. The van der Waals surface area contributed by atoms with Gasteiger partial charge in [0.15, 0.2) is 0 Å². The van der Waals surface area contributed by atoms with Crippen molar-refractivity contribution >= 4 is 41.4 Å². The fraction of sp³-hybridized carbons (Fsp3) is 0.316. The number of aliphatic carboxylic acids is 1. The van der Waals surface area contributed by atoms with Crippen LogP contribution in [0.25, 0.3) is 0 Å². The van der Waals surface area contributed by atoms with Gasteiger partial charge in [-0.3, -0.25) is 24.7 Å². The average molecular weight is 432 g/mol. The van der Waals surface area contributed by atoms with Crippen molar-refractivity contribution in [1.82, 2.24) is 10.2 Å². The zero-order valence-electron chi connectivity index (χ0n) is 16.0. The highest BCUT2D eigenvalue weighted by Gasteiger charge is 2.54. The fourth-order valence-corrected chi connectivity index (χ4v) is 4.66. The van der Waals surface area contributed by atoms with Gasteiger partial charge in [-0.25, -0.2) is 4.79 Å². The highest BCUT2D eigenvalue weighted by molar-refractivity contribution is 8.00. The maximum Gasteiger partial charge on any atom is 0.352 e. The lowest BCUT2D eigenvalue weighted by molar-refractivity contribution is -0.151. The normalized spacial score (nSPS) is 21.2. The number of hydrogen-bond donors (Lipinski definition) is 4. The smallest absolute Gasteiger partial charge is 0.352 e. The van der Waals surface area contributed by atoms with E-state index in [4.69, 9.17) is 15.9 Å².